The lowest BCUT2D eigenvalue weighted by molar-refractivity contribution is 1.05. The molecule has 0 saturated heterocycles. The Kier molecular flexibility index (Phi) is 3.56. The molecule has 1 fully saturated rings. The number of aromatic nitrogens is 1. The number of thiazole rings is 1. The molecule has 98 valence electrons. The van der Waals surface area contributed by atoms with Crippen LogP contribution in [0.15, 0.2) is 28.1 Å². The molecular formula is C13H12BrN3S2. The third-order valence-electron chi connectivity index (χ3n) is 3.02. The van der Waals surface area contributed by atoms with Gasteiger partial charge in [0.05, 0.1) is 11.4 Å². The van der Waals surface area contributed by atoms with Crippen molar-refractivity contribution in [3.63, 3.8) is 0 Å². The van der Waals surface area contributed by atoms with Gasteiger partial charge in [-0.25, -0.2) is 4.98 Å². The first-order chi connectivity index (χ1) is 9.15. The Bertz CT molecular complexity index is 635. The molecule has 3 nitrogen and oxygen atoms in total. The normalized spacial score (nSPS) is 14.4. The number of nitrogens with zero attached hydrogens (tertiary/aromatic N) is 1. The number of benzene rings is 1. The van der Waals surface area contributed by atoms with Crippen molar-refractivity contribution in [3.8, 4) is 0 Å². The summed E-state index contributed by atoms with van der Waals surface area (Å²) in [6.45, 7) is 0. The quantitative estimate of drug-likeness (QED) is 0.810. The fourth-order valence-corrected chi connectivity index (χ4v) is 3.64. The van der Waals surface area contributed by atoms with E-state index in [0.717, 1.165) is 20.9 Å². The number of rotatable bonds is 4. The van der Waals surface area contributed by atoms with Gasteiger partial charge in [-0.05, 0) is 40.9 Å². The van der Waals surface area contributed by atoms with E-state index in [-0.39, 0.29) is 0 Å². The first kappa shape index (κ1) is 13.0. The Hall–Kier alpha value is -0.980. The molecule has 3 N–H and O–H groups in total. The van der Waals surface area contributed by atoms with Gasteiger partial charge in [0.25, 0.3) is 0 Å². The summed E-state index contributed by atoms with van der Waals surface area (Å²) in [5, 5.41) is 6.32. The van der Waals surface area contributed by atoms with Crippen molar-refractivity contribution in [3.05, 3.63) is 39.3 Å². The number of halogens is 1. The van der Waals surface area contributed by atoms with Gasteiger partial charge < -0.3 is 11.1 Å². The van der Waals surface area contributed by atoms with Crippen LogP contribution in [0.25, 0.3) is 0 Å². The Morgan fingerprint density at radius 3 is 2.95 bits per heavy atom. The van der Waals surface area contributed by atoms with Gasteiger partial charge in [0.2, 0.25) is 0 Å². The first-order valence-electron chi connectivity index (χ1n) is 5.96. The maximum atomic E-state index is 5.78. The molecule has 0 bridgehead atoms. The molecule has 0 amide bonds. The van der Waals surface area contributed by atoms with Crippen LogP contribution in [0.5, 0.6) is 0 Å². The molecule has 1 saturated carbocycles. The lowest BCUT2D eigenvalue weighted by Crippen LogP contribution is -2.12. The minimum atomic E-state index is 0.369. The summed E-state index contributed by atoms with van der Waals surface area (Å²) in [5.74, 6) is 0.671. The molecule has 0 radical (unpaired) electrons. The van der Waals surface area contributed by atoms with Gasteiger partial charge in [-0.2, -0.15) is 0 Å². The third-order valence-corrected chi connectivity index (χ3v) is 4.66. The Labute approximate surface area is 129 Å². The largest absolute Gasteiger partial charge is 0.389 e. The van der Waals surface area contributed by atoms with Gasteiger partial charge in [-0.15, -0.1) is 11.3 Å². The number of nitrogens with one attached hydrogen (secondary N) is 1. The Morgan fingerprint density at radius 1 is 1.47 bits per heavy atom. The van der Waals surface area contributed by atoms with E-state index in [4.69, 9.17) is 18.0 Å². The zero-order valence-electron chi connectivity index (χ0n) is 10.0. The van der Waals surface area contributed by atoms with Crippen LogP contribution in [0.2, 0.25) is 0 Å². The van der Waals surface area contributed by atoms with Crippen molar-refractivity contribution in [2.24, 2.45) is 5.73 Å². The summed E-state index contributed by atoms with van der Waals surface area (Å²) in [7, 11) is 0. The zero-order valence-corrected chi connectivity index (χ0v) is 13.2. The number of thiocarbonyl (C=S) groups is 1. The van der Waals surface area contributed by atoms with Gasteiger partial charge in [0.15, 0.2) is 5.13 Å². The summed E-state index contributed by atoms with van der Waals surface area (Å²) in [4.78, 5) is 4.98. The van der Waals surface area contributed by atoms with E-state index >= 15 is 0 Å². The highest BCUT2D eigenvalue weighted by Gasteiger charge is 2.26. The lowest BCUT2D eigenvalue weighted by atomic mass is 10.2. The van der Waals surface area contributed by atoms with Crippen LogP contribution in [0.4, 0.5) is 10.8 Å². The second kappa shape index (κ2) is 5.19. The number of anilines is 2. The highest BCUT2D eigenvalue weighted by Crippen LogP contribution is 2.41. The molecule has 0 unspecified atom stereocenters. The van der Waals surface area contributed by atoms with Gasteiger partial charge in [-0.3, -0.25) is 0 Å². The van der Waals surface area contributed by atoms with Crippen LogP contribution in [0, 0.1) is 0 Å². The molecule has 0 spiro atoms. The third kappa shape index (κ3) is 2.80. The second-order valence-electron chi connectivity index (χ2n) is 4.50. The molecule has 0 aliphatic heterocycles. The van der Waals surface area contributed by atoms with E-state index in [1.807, 2.05) is 18.2 Å². The van der Waals surface area contributed by atoms with Crippen molar-refractivity contribution in [1.29, 1.82) is 0 Å². The summed E-state index contributed by atoms with van der Waals surface area (Å²) >= 11 is 10.2. The van der Waals surface area contributed by atoms with Crippen LogP contribution < -0.4 is 11.1 Å². The predicted molar refractivity (Wildman–Crippen MR) is 87.4 cm³/mol. The number of hydrogen-bond acceptors (Lipinski definition) is 4. The van der Waals surface area contributed by atoms with E-state index in [0.29, 0.717) is 10.9 Å². The van der Waals surface area contributed by atoms with Crippen LogP contribution in [0.1, 0.15) is 30.0 Å². The van der Waals surface area contributed by atoms with Gasteiger partial charge in [0, 0.05) is 21.3 Å². The monoisotopic (exact) mass is 353 g/mol. The standard InChI is InChI=1S/C13H12BrN3S2/c14-8-2-1-3-9(11(8)12(15)18)16-13-17-10(6-19-13)7-4-5-7/h1-3,6-7H,4-5H2,(H2,15,18)(H,16,17). The van der Waals surface area contributed by atoms with Crippen LogP contribution in [-0.4, -0.2) is 9.97 Å². The number of nitrogens with two attached hydrogens (primary N) is 1. The minimum absolute atomic E-state index is 0.369. The van der Waals surface area contributed by atoms with Crippen LogP contribution >= 0.6 is 39.5 Å². The predicted octanol–water partition coefficient (Wildman–Crippen LogP) is 4.16. The molecular weight excluding hydrogens is 342 g/mol. The van der Waals surface area contributed by atoms with Crippen LogP contribution in [-0.2, 0) is 0 Å². The second-order valence-corrected chi connectivity index (χ2v) is 6.66. The summed E-state index contributed by atoms with van der Waals surface area (Å²) in [6.07, 6.45) is 2.52. The molecule has 1 aliphatic carbocycles. The van der Waals surface area contributed by atoms with Crippen LogP contribution in [0.3, 0.4) is 0 Å². The smallest absolute Gasteiger partial charge is 0.187 e. The van der Waals surface area contributed by atoms with E-state index in [9.17, 15) is 0 Å². The average Bonchev–Trinajstić information content (AvgIpc) is 3.10. The molecule has 1 heterocycles. The molecule has 1 aromatic heterocycles. The van der Waals surface area contributed by atoms with Crippen molar-refractivity contribution >= 4 is 55.3 Å². The first-order valence-corrected chi connectivity index (χ1v) is 8.04. The molecule has 6 heteroatoms. The maximum absolute atomic E-state index is 5.78. The van der Waals surface area contributed by atoms with Crippen molar-refractivity contribution in [1.82, 2.24) is 4.98 Å². The van der Waals surface area contributed by atoms with Gasteiger partial charge >= 0.3 is 0 Å². The highest BCUT2D eigenvalue weighted by atomic mass is 79.9. The molecule has 1 aliphatic rings. The Balaban J connectivity index is 1.89. The topological polar surface area (TPSA) is 50.9 Å². The van der Waals surface area contributed by atoms with E-state index in [1.54, 1.807) is 11.3 Å². The summed E-state index contributed by atoms with van der Waals surface area (Å²) in [5.41, 5.74) is 8.68. The zero-order chi connectivity index (χ0) is 13.4. The SMILES string of the molecule is NC(=S)c1c(Br)cccc1Nc1nc(C2CC2)cs1. The van der Waals surface area contributed by atoms with Gasteiger partial charge in [0.1, 0.15) is 4.99 Å². The summed E-state index contributed by atoms with van der Waals surface area (Å²) < 4.78 is 0.893. The van der Waals surface area contributed by atoms with Crippen molar-refractivity contribution in [2.75, 3.05) is 5.32 Å². The lowest BCUT2D eigenvalue weighted by Gasteiger charge is -2.10. The van der Waals surface area contributed by atoms with E-state index < -0.39 is 0 Å². The number of hydrogen-bond donors (Lipinski definition) is 2. The fourth-order valence-electron chi connectivity index (χ4n) is 1.90. The molecule has 19 heavy (non-hydrogen) atoms. The van der Waals surface area contributed by atoms with E-state index in [1.165, 1.54) is 18.5 Å². The molecule has 1 aromatic carbocycles. The van der Waals surface area contributed by atoms with Gasteiger partial charge in [-0.1, -0.05) is 18.3 Å². The fraction of sp³-hybridized carbons (Fsp3) is 0.231. The highest BCUT2D eigenvalue weighted by molar-refractivity contribution is 9.10. The minimum Gasteiger partial charge on any atom is -0.389 e. The van der Waals surface area contributed by atoms with Crippen molar-refractivity contribution < 1.29 is 0 Å². The molecule has 2 aromatic rings. The Morgan fingerprint density at radius 2 is 2.26 bits per heavy atom. The maximum Gasteiger partial charge on any atom is 0.187 e. The average molecular weight is 354 g/mol. The van der Waals surface area contributed by atoms with Crippen molar-refractivity contribution in [2.45, 2.75) is 18.8 Å². The van der Waals surface area contributed by atoms with E-state index in [2.05, 4.69) is 31.6 Å². The summed E-state index contributed by atoms with van der Waals surface area (Å²) in [6, 6.07) is 5.83. The molecule has 3 rings (SSSR count). The molecule has 0 atom stereocenters.